The first-order chi connectivity index (χ1) is 15.5. The van der Waals surface area contributed by atoms with Gasteiger partial charge in [-0.05, 0) is 60.9 Å². The Kier molecular flexibility index (Phi) is 6.12. The fourth-order valence-corrected chi connectivity index (χ4v) is 3.40. The van der Waals surface area contributed by atoms with Gasteiger partial charge >= 0.3 is 0 Å². The third-order valence-electron chi connectivity index (χ3n) is 5.25. The summed E-state index contributed by atoms with van der Waals surface area (Å²) in [5, 5.41) is 18.1. The zero-order chi connectivity index (χ0) is 22.5. The summed E-state index contributed by atoms with van der Waals surface area (Å²) in [6, 6.07) is 26.8. The average molecular weight is 425 g/mol. The fourth-order valence-electron chi connectivity index (χ4n) is 3.40. The lowest BCUT2D eigenvalue weighted by Crippen LogP contribution is -2.15. The van der Waals surface area contributed by atoms with Gasteiger partial charge in [0.25, 0.3) is 5.69 Å². The van der Waals surface area contributed by atoms with Crippen LogP contribution in [0.15, 0.2) is 94.4 Å². The minimum absolute atomic E-state index is 0.0286. The van der Waals surface area contributed by atoms with E-state index in [1.807, 2.05) is 67.4 Å². The quantitative estimate of drug-likeness (QED) is 0.192. The molecule has 0 spiro atoms. The van der Waals surface area contributed by atoms with Crippen molar-refractivity contribution in [2.75, 3.05) is 5.01 Å². The Morgan fingerprint density at radius 2 is 1.59 bits per heavy atom. The molecule has 0 aliphatic rings. The Bertz CT molecular complexity index is 1250. The zero-order valence-corrected chi connectivity index (χ0v) is 17.9. The van der Waals surface area contributed by atoms with Gasteiger partial charge in [0.2, 0.25) is 0 Å². The lowest BCUT2D eigenvalue weighted by Gasteiger charge is -2.19. The van der Waals surface area contributed by atoms with Gasteiger partial charge in [0, 0.05) is 6.07 Å². The molecule has 0 saturated heterocycles. The fraction of sp³-hybridized carbons (Fsp3) is 0.115. The van der Waals surface area contributed by atoms with E-state index in [0.29, 0.717) is 23.6 Å². The highest BCUT2D eigenvalue weighted by molar-refractivity contribution is 5.80. The van der Waals surface area contributed by atoms with Crippen LogP contribution in [0.5, 0.6) is 0 Å². The molecule has 1 heterocycles. The summed E-state index contributed by atoms with van der Waals surface area (Å²) in [5.74, 6) is 0.956. The molecule has 4 aromatic rings. The van der Waals surface area contributed by atoms with Gasteiger partial charge in [-0.3, -0.25) is 15.1 Å². The first-order valence-corrected chi connectivity index (χ1v) is 10.3. The van der Waals surface area contributed by atoms with Crippen LogP contribution in [0.1, 0.15) is 22.5 Å². The molecule has 0 aliphatic heterocycles. The normalized spacial score (nSPS) is 11.1. The Hall–Kier alpha value is -4.19. The molecule has 4 rings (SSSR count). The van der Waals surface area contributed by atoms with Crippen LogP contribution in [0.25, 0.3) is 11.3 Å². The third-order valence-corrected chi connectivity index (χ3v) is 5.25. The highest BCUT2D eigenvalue weighted by Gasteiger charge is 2.19. The lowest BCUT2D eigenvalue weighted by molar-refractivity contribution is -0.384. The first kappa shape index (κ1) is 21.1. The van der Waals surface area contributed by atoms with Crippen molar-refractivity contribution in [3.8, 4) is 11.3 Å². The van der Waals surface area contributed by atoms with Gasteiger partial charge in [0.05, 0.1) is 28.9 Å². The van der Waals surface area contributed by atoms with E-state index >= 15 is 0 Å². The van der Waals surface area contributed by atoms with Crippen molar-refractivity contribution in [1.82, 2.24) is 0 Å². The number of para-hydroxylation sites is 1. The zero-order valence-electron chi connectivity index (χ0n) is 17.9. The van der Waals surface area contributed by atoms with Crippen LogP contribution < -0.4 is 5.01 Å². The predicted octanol–water partition coefficient (Wildman–Crippen LogP) is 6.51. The molecule has 0 aliphatic carbocycles. The van der Waals surface area contributed by atoms with Gasteiger partial charge < -0.3 is 4.42 Å². The number of nitro groups is 1. The molecule has 0 N–H and O–H groups in total. The van der Waals surface area contributed by atoms with E-state index in [-0.39, 0.29) is 10.6 Å². The summed E-state index contributed by atoms with van der Waals surface area (Å²) in [4.78, 5) is 11.2. The smallest absolute Gasteiger partial charge is 0.280 e. The molecule has 0 atom stereocenters. The number of rotatable bonds is 7. The summed E-state index contributed by atoms with van der Waals surface area (Å²) < 4.78 is 5.91. The number of anilines is 1. The summed E-state index contributed by atoms with van der Waals surface area (Å²) >= 11 is 0. The molecular formula is C26H23N3O3. The Morgan fingerprint density at radius 1 is 0.938 bits per heavy atom. The van der Waals surface area contributed by atoms with Crippen molar-refractivity contribution < 1.29 is 9.34 Å². The SMILES string of the molecule is Cc1cc(-c2ccc(C=NN(Cc3ccccc3)c3ccccc3)o2)c([N+](=O)[O-])cc1C. The second-order valence-electron chi connectivity index (χ2n) is 7.54. The third kappa shape index (κ3) is 4.75. The van der Waals surface area contributed by atoms with Gasteiger partial charge in [-0.25, -0.2) is 0 Å². The minimum Gasteiger partial charge on any atom is -0.455 e. The molecule has 0 unspecified atom stereocenters. The Morgan fingerprint density at radius 3 is 2.28 bits per heavy atom. The van der Waals surface area contributed by atoms with E-state index in [0.717, 1.165) is 22.4 Å². The van der Waals surface area contributed by atoms with Gasteiger partial charge in [0.15, 0.2) is 0 Å². The first-order valence-electron chi connectivity index (χ1n) is 10.3. The summed E-state index contributed by atoms with van der Waals surface area (Å²) in [5.41, 5.74) is 4.40. The van der Waals surface area contributed by atoms with Crippen LogP contribution in [0.2, 0.25) is 0 Å². The van der Waals surface area contributed by atoms with Crippen molar-refractivity contribution in [3.05, 3.63) is 117 Å². The van der Waals surface area contributed by atoms with Crippen LogP contribution >= 0.6 is 0 Å². The largest absolute Gasteiger partial charge is 0.455 e. The number of furan rings is 1. The molecule has 0 bridgehead atoms. The summed E-state index contributed by atoms with van der Waals surface area (Å²) in [6.45, 7) is 4.38. The second-order valence-corrected chi connectivity index (χ2v) is 7.54. The second kappa shape index (κ2) is 9.31. The maximum absolute atomic E-state index is 11.5. The van der Waals surface area contributed by atoms with Gasteiger partial charge in [0.1, 0.15) is 11.5 Å². The molecule has 6 nitrogen and oxygen atoms in total. The molecule has 0 radical (unpaired) electrons. The van der Waals surface area contributed by atoms with Crippen molar-refractivity contribution >= 4 is 17.6 Å². The molecular weight excluding hydrogens is 402 g/mol. The van der Waals surface area contributed by atoms with E-state index in [1.165, 1.54) is 0 Å². The molecule has 32 heavy (non-hydrogen) atoms. The van der Waals surface area contributed by atoms with E-state index in [9.17, 15) is 10.1 Å². The average Bonchev–Trinajstić information content (AvgIpc) is 3.28. The Balaban J connectivity index is 1.63. The van der Waals surface area contributed by atoms with Crippen molar-refractivity contribution in [1.29, 1.82) is 0 Å². The van der Waals surface area contributed by atoms with Crippen molar-refractivity contribution in [2.24, 2.45) is 5.10 Å². The van der Waals surface area contributed by atoms with E-state index in [2.05, 4.69) is 17.2 Å². The standard InChI is InChI=1S/C26H23N3O3/c1-19-15-24(25(29(30)31)16-20(19)2)26-14-13-23(32-26)17-27-28(22-11-7-4-8-12-22)18-21-9-5-3-6-10-21/h3-17H,18H2,1-2H3. The van der Waals surface area contributed by atoms with Crippen LogP contribution in [-0.2, 0) is 6.54 Å². The highest BCUT2D eigenvalue weighted by Crippen LogP contribution is 2.33. The summed E-state index contributed by atoms with van der Waals surface area (Å²) in [6.07, 6.45) is 1.63. The van der Waals surface area contributed by atoms with E-state index in [1.54, 1.807) is 30.5 Å². The van der Waals surface area contributed by atoms with Crippen LogP contribution in [0.3, 0.4) is 0 Å². The van der Waals surface area contributed by atoms with Crippen molar-refractivity contribution in [3.63, 3.8) is 0 Å². The number of nitro benzene ring substituents is 1. The number of hydrazone groups is 1. The molecule has 6 heteroatoms. The maximum atomic E-state index is 11.5. The van der Waals surface area contributed by atoms with Gasteiger partial charge in [-0.2, -0.15) is 5.10 Å². The van der Waals surface area contributed by atoms with Gasteiger partial charge in [-0.1, -0.05) is 48.5 Å². The van der Waals surface area contributed by atoms with Crippen molar-refractivity contribution in [2.45, 2.75) is 20.4 Å². The minimum atomic E-state index is -0.380. The van der Waals surface area contributed by atoms with E-state index in [4.69, 9.17) is 4.42 Å². The lowest BCUT2D eigenvalue weighted by atomic mass is 10.0. The molecule has 0 amide bonds. The number of aryl methyl sites for hydroxylation is 2. The molecule has 0 saturated carbocycles. The number of hydrogen-bond donors (Lipinski definition) is 0. The highest BCUT2D eigenvalue weighted by atomic mass is 16.6. The molecule has 1 aromatic heterocycles. The van der Waals surface area contributed by atoms with E-state index < -0.39 is 0 Å². The molecule has 160 valence electrons. The number of hydrogen-bond acceptors (Lipinski definition) is 5. The van der Waals surface area contributed by atoms with Gasteiger partial charge in [-0.15, -0.1) is 0 Å². The topological polar surface area (TPSA) is 71.9 Å². The number of benzene rings is 3. The maximum Gasteiger partial charge on any atom is 0.280 e. The summed E-state index contributed by atoms with van der Waals surface area (Å²) in [7, 11) is 0. The predicted molar refractivity (Wildman–Crippen MR) is 127 cm³/mol. The molecule has 3 aromatic carbocycles. The Labute approximate surface area is 186 Å². The van der Waals surface area contributed by atoms with Crippen LogP contribution in [0.4, 0.5) is 11.4 Å². The van der Waals surface area contributed by atoms with Crippen LogP contribution in [-0.4, -0.2) is 11.1 Å². The van der Waals surface area contributed by atoms with Crippen LogP contribution in [0, 0.1) is 24.0 Å². The molecule has 0 fully saturated rings. The number of nitrogens with zero attached hydrogens (tertiary/aromatic N) is 3. The monoisotopic (exact) mass is 425 g/mol.